The summed E-state index contributed by atoms with van der Waals surface area (Å²) < 4.78 is 26.9. The summed E-state index contributed by atoms with van der Waals surface area (Å²) in [7, 11) is 0. The smallest absolute Gasteiger partial charge is 0.303 e. The van der Waals surface area contributed by atoms with Crippen molar-refractivity contribution in [2.24, 2.45) is 5.11 Å². The predicted octanol–water partition coefficient (Wildman–Crippen LogP) is 2.30. The summed E-state index contributed by atoms with van der Waals surface area (Å²) in [5.41, 5.74) is 9.62. The quantitative estimate of drug-likeness (QED) is 0.220. The first-order chi connectivity index (χ1) is 13.8. The fourth-order valence-electron chi connectivity index (χ4n) is 2.74. The van der Waals surface area contributed by atoms with Crippen molar-refractivity contribution >= 4 is 23.6 Å². The van der Waals surface area contributed by atoms with Gasteiger partial charge in [-0.2, -0.15) is 0 Å². The van der Waals surface area contributed by atoms with Gasteiger partial charge in [-0.25, -0.2) is 0 Å². The van der Waals surface area contributed by atoms with Gasteiger partial charge in [-0.3, -0.25) is 14.4 Å². The Labute approximate surface area is 166 Å². The zero-order valence-electron chi connectivity index (χ0n) is 16.1. The van der Waals surface area contributed by atoms with E-state index in [9.17, 15) is 14.4 Å². The summed E-state index contributed by atoms with van der Waals surface area (Å²) in [5, 5.41) is 3.48. The van der Waals surface area contributed by atoms with Crippen molar-refractivity contribution in [3.05, 3.63) is 40.3 Å². The highest BCUT2D eigenvalue weighted by Crippen LogP contribution is 2.26. The van der Waals surface area contributed by atoms with Crippen molar-refractivity contribution in [2.75, 3.05) is 6.61 Å². The highest BCUT2D eigenvalue weighted by Gasteiger charge is 2.47. The summed E-state index contributed by atoms with van der Waals surface area (Å²) in [6.07, 6.45) is -4.25. The molecule has 1 aliphatic heterocycles. The minimum atomic E-state index is -1.14. The van der Waals surface area contributed by atoms with Crippen LogP contribution in [0.15, 0.2) is 29.4 Å². The molecule has 0 unspecified atom stereocenters. The van der Waals surface area contributed by atoms with Crippen LogP contribution in [0.4, 0.5) is 5.69 Å². The maximum absolute atomic E-state index is 11.6. The number of azide groups is 1. The van der Waals surface area contributed by atoms with Gasteiger partial charge in [0.25, 0.3) is 0 Å². The van der Waals surface area contributed by atoms with E-state index in [-0.39, 0.29) is 13.2 Å². The molecule has 0 aromatic heterocycles. The molecule has 1 aliphatic rings. The number of carbonyl (C=O) groups is 3. The first kappa shape index (κ1) is 22.2. The van der Waals surface area contributed by atoms with Crippen molar-refractivity contribution in [1.82, 2.24) is 0 Å². The molecule has 29 heavy (non-hydrogen) atoms. The van der Waals surface area contributed by atoms with Gasteiger partial charge in [0.1, 0.15) is 0 Å². The first-order valence-corrected chi connectivity index (χ1v) is 8.69. The van der Waals surface area contributed by atoms with E-state index < -0.39 is 42.5 Å². The molecule has 4 atom stereocenters. The van der Waals surface area contributed by atoms with E-state index in [0.717, 1.165) is 5.56 Å². The maximum Gasteiger partial charge on any atom is 0.303 e. The zero-order chi connectivity index (χ0) is 21.4. The third-order valence-electron chi connectivity index (χ3n) is 3.82. The van der Waals surface area contributed by atoms with Crippen molar-refractivity contribution in [2.45, 2.75) is 52.0 Å². The van der Waals surface area contributed by atoms with Crippen molar-refractivity contribution in [3.63, 3.8) is 0 Å². The highest BCUT2D eigenvalue weighted by atomic mass is 16.7. The van der Waals surface area contributed by atoms with Gasteiger partial charge >= 0.3 is 17.9 Å². The van der Waals surface area contributed by atoms with Crippen LogP contribution in [0.3, 0.4) is 0 Å². The molecule has 0 amide bonds. The number of nitrogens with zero attached hydrogens (tertiary/aromatic N) is 3. The molecule has 156 valence electrons. The van der Waals surface area contributed by atoms with Gasteiger partial charge < -0.3 is 23.7 Å². The molecule has 11 nitrogen and oxygen atoms in total. The molecule has 0 N–H and O–H groups in total. The molecule has 0 bridgehead atoms. The normalized spacial score (nSPS) is 23.4. The SMILES string of the molecule is CC(=O)O[C@@H]1[C@@H](OCc2ccc(N=[N+]=[N-])cc2)OC[C@@H](OC(C)=O)[C@H]1OC(C)=O. The summed E-state index contributed by atoms with van der Waals surface area (Å²) in [6.45, 7) is 3.53. The van der Waals surface area contributed by atoms with Gasteiger partial charge in [-0.1, -0.05) is 29.4 Å². The standard InChI is InChI=1S/C18H21N3O8/c1-10(22)27-15-9-26-18(17(29-12(3)24)16(15)28-11(2)23)25-8-13-4-6-14(7-5-13)20-21-19/h4-7,15-18H,8-9H2,1-3H3/t15-,16-,17+,18+/m1/s1. The lowest BCUT2D eigenvalue weighted by Crippen LogP contribution is -2.58. The Balaban J connectivity index is 2.15. The van der Waals surface area contributed by atoms with Gasteiger partial charge in [0.15, 0.2) is 24.6 Å². The van der Waals surface area contributed by atoms with E-state index in [4.69, 9.17) is 29.2 Å². The Kier molecular flexibility index (Phi) is 7.96. The lowest BCUT2D eigenvalue weighted by molar-refractivity contribution is -0.283. The van der Waals surface area contributed by atoms with Crippen molar-refractivity contribution in [3.8, 4) is 0 Å². The average Bonchev–Trinajstić information content (AvgIpc) is 2.64. The topological polar surface area (TPSA) is 146 Å². The van der Waals surface area contributed by atoms with Crippen molar-refractivity contribution in [1.29, 1.82) is 0 Å². The molecule has 0 radical (unpaired) electrons. The minimum Gasteiger partial charge on any atom is -0.456 e. The Morgan fingerprint density at radius 1 is 1.03 bits per heavy atom. The van der Waals surface area contributed by atoms with Crippen LogP contribution in [0, 0.1) is 0 Å². The molecule has 11 heteroatoms. The third-order valence-corrected chi connectivity index (χ3v) is 3.82. The third kappa shape index (κ3) is 6.75. The van der Waals surface area contributed by atoms with Crippen LogP contribution < -0.4 is 0 Å². The number of rotatable bonds is 7. The molecular formula is C18H21N3O8. The molecular weight excluding hydrogens is 386 g/mol. The molecule has 1 fully saturated rings. The van der Waals surface area contributed by atoms with E-state index in [0.29, 0.717) is 5.69 Å². The molecule has 0 saturated carbocycles. The summed E-state index contributed by atoms with van der Waals surface area (Å²) in [4.78, 5) is 37.1. The molecule has 0 spiro atoms. The van der Waals surface area contributed by atoms with Crippen LogP contribution >= 0.6 is 0 Å². The molecule has 1 heterocycles. The Morgan fingerprint density at radius 2 is 1.62 bits per heavy atom. The van der Waals surface area contributed by atoms with Gasteiger partial charge in [0.05, 0.1) is 13.2 Å². The van der Waals surface area contributed by atoms with Gasteiger partial charge in [-0.05, 0) is 11.1 Å². The van der Waals surface area contributed by atoms with E-state index in [1.807, 2.05) is 0 Å². The van der Waals surface area contributed by atoms with Crippen LogP contribution in [-0.2, 0) is 44.7 Å². The molecule has 0 aliphatic carbocycles. The molecule has 1 aromatic rings. The van der Waals surface area contributed by atoms with E-state index >= 15 is 0 Å². The minimum absolute atomic E-state index is 0.0734. The van der Waals surface area contributed by atoms with Crippen LogP contribution in [-0.4, -0.2) is 49.1 Å². The Hall–Kier alpha value is -3.14. The predicted molar refractivity (Wildman–Crippen MR) is 96.4 cm³/mol. The number of carbonyl (C=O) groups excluding carboxylic acids is 3. The highest BCUT2D eigenvalue weighted by molar-refractivity contribution is 5.68. The Morgan fingerprint density at radius 3 is 2.17 bits per heavy atom. The second-order valence-corrected chi connectivity index (χ2v) is 6.16. The number of esters is 3. The second-order valence-electron chi connectivity index (χ2n) is 6.16. The number of hydrogen-bond donors (Lipinski definition) is 0. The largest absolute Gasteiger partial charge is 0.456 e. The van der Waals surface area contributed by atoms with Gasteiger partial charge in [-0.15, -0.1) is 0 Å². The van der Waals surface area contributed by atoms with Crippen LogP contribution in [0.25, 0.3) is 10.4 Å². The average molecular weight is 407 g/mol. The number of hydrogen-bond acceptors (Lipinski definition) is 9. The summed E-state index contributed by atoms with van der Waals surface area (Å²) in [5.74, 6) is -1.89. The van der Waals surface area contributed by atoms with E-state index in [1.54, 1.807) is 24.3 Å². The first-order valence-electron chi connectivity index (χ1n) is 8.69. The zero-order valence-corrected chi connectivity index (χ0v) is 16.1. The molecule has 1 saturated heterocycles. The number of ether oxygens (including phenoxy) is 5. The van der Waals surface area contributed by atoms with Crippen LogP contribution in [0.2, 0.25) is 0 Å². The van der Waals surface area contributed by atoms with Gasteiger partial charge in [0.2, 0.25) is 0 Å². The fraction of sp³-hybridized carbons (Fsp3) is 0.500. The van der Waals surface area contributed by atoms with E-state index in [1.165, 1.54) is 20.8 Å². The second kappa shape index (κ2) is 10.4. The monoisotopic (exact) mass is 407 g/mol. The number of benzene rings is 1. The summed E-state index contributed by atoms with van der Waals surface area (Å²) >= 11 is 0. The Bertz CT molecular complexity index is 791. The van der Waals surface area contributed by atoms with Gasteiger partial charge in [0, 0.05) is 31.4 Å². The lowest BCUT2D eigenvalue weighted by Gasteiger charge is -2.40. The van der Waals surface area contributed by atoms with Crippen LogP contribution in [0.1, 0.15) is 26.3 Å². The fourth-order valence-corrected chi connectivity index (χ4v) is 2.74. The lowest BCUT2D eigenvalue weighted by atomic mass is 10.0. The molecule has 1 aromatic carbocycles. The molecule has 2 rings (SSSR count). The van der Waals surface area contributed by atoms with Crippen molar-refractivity contribution < 1.29 is 38.1 Å². The van der Waals surface area contributed by atoms with Crippen LogP contribution in [0.5, 0.6) is 0 Å². The maximum atomic E-state index is 11.6. The van der Waals surface area contributed by atoms with E-state index in [2.05, 4.69) is 10.0 Å². The summed E-state index contributed by atoms with van der Waals surface area (Å²) in [6, 6.07) is 6.61.